The van der Waals surface area contributed by atoms with E-state index in [4.69, 9.17) is 4.42 Å². The highest BCUT2D eigenvalue weighted by Crippen LogP contribution is 2.25. The zero-order chi connectivity index (χ0) is 22.7. The maximum Gasteiger partial charge on any atom is 0.251 e. The summed E-state index contributed by atoms with van der Waals surface area (Å²) in [5, 5.41) is 2.78. The Bertz CT molecular complexity index is 1320. The summed E-state index contributed by atoms with van der Waals surface area (Å²) in [7, 11) is -3.55. The summed E-state index contributed by atoms with van der Waals surface area (Å²) in [4.78, 5) is 23.9. The van der Waals surface area contributed by atoms with Crippen molar-refractivity contribution < 1.29 is 17.6 Å². The summed E-state index contributed by atoms with van der Waals surface area (Å²) in [5.41, 5.74) is 2.48. The predicted molar refractivity (Wildman–Crippen MR) is 119 cm³/mol. The number of benzene rings is 2. The van der Waals surface area contributed by atoms with Gasteiger partial charge in [0.25, 0.3) is 5.91 Å². The van der Waals surface area contributed by atoms with Gasteiger partial charge in [-0.25, -0.2) is 18.4 Å². The predicted octanol–water partition coefficient (Wildman–Crippen LogP) is 3.59. The minimum atomic E-state index is -3.55. The Morgan fingerprint density at radius 3 is 2.44 bits per heavy atom. The molecule has 9 heteroatoms. The van der Waals surface area contributed by atoms with Crippen LogP contribution in [0.15, 0.2) is 70.2 Å². The van der Waals surface area contributed by atoms with Gasteiger partial charge in [-0.2, -0.15) is 0 Å². The second-order valence-corrected chi connectivity index (χ2v) is 9.38. The monoisotopic (exact) mass is 450 g/mol. The third kappa shape index (κ3) is 4.78. The molecular formula is C23H22N4O4S. The number of nitrogens with zero attached hydrogens (tertiary/aromatic N) is 2. The third-order valence-corrected chi connectivity index (χ3v) is 6.61. The Balaban J connectivity index is 1.47. The van der Waals surface area contributed by atoms with Gasteiger partial charge in [-0.3, -0.25) is 4.79 Å². The zero-order valence-electron chi connectivity index (χ0n) is 17.6. The molecule has 4 rings (SSSR count). The number of sulfone groups is 1. The van der Waals surface area contributed by atoms with Crippen molar-refractivity contribution in [3.8, 4) is 11.5 Å². The number of carbonyl (C=O) groups is 1. The molecule has 0 fully saturated rings. The number of aryl methyl sites for hydroxylation is 2. The second-order valence-electron chi connectivity index (χ2n) is 7.39. The molecule has 1 amide bonds. The molecule has 0 saturated carbocycles. The van der Waals surface area contributed by atoms with Crippen molar-refractivity contribution in [3.05, 3.63) is 89.3 Å². The topological polar surface area (TPSA) is 118 Å². The van der Waals surface area contributed by atoms with Gasteiger partial charge in [-0.1, -0.05) is 17.7 Å². The normalized spacial score (nSPS) is 11.4. The molecule has 32 heavy (non-hydrogen) atoms. The minimum absolute atomic E-state index is 0.235. The number of aromatic amines is 1. The van der Waals surface area contributed by atoms with E-state index in [9.17, 15) is 13.2 Å². The van der Waals surface area contributed by atoms with Crippen molar-refractivity contribution in [2.24, 2.45) is 0 Å². The van der Waals surface area contributed by atoms with E-state index in [1.807, 2.05) is 6.92 Å². The van der Waals surface area contributed by atoms with Gasteiger partial charge in [0.2, 0.25) is 5.89 Å². The number of hydrogen-bond donors (Lipinski definition) is 2. The number of H-pyrrole nitrogens is 1. The number of amides is 1. The van der Waals surface area contributed by atoms with Crippen molar-refractivity contribution in [3.63, 3.8) is 0 Å². The number of oxazole rings is 1. The van der Waals surface area contributed by atoms with Crippen LogP contribution in [0.1, 0.15) is 33.2 Å². The van der Waals surface area contributed by atoms with E-state index in [-0.39, 0.29) is 16.6 Å². The van der Waals surface area contributed by atoms with Gasteiger partial charge in [-0.05, 0) is 50.2 Å². The van der Waals surface area contributed by atoms with E-state index in [2.05, 4.69) is 20.3 Å². The molecule has 2 N–H and O–H groups in total. The molecule has 0 radical (unpaired) electrons. The van der Waals surface area contributed by atoms with Crippen LogP contribution >= 0.6 is 0 Å². The Morgan fingerprint density at radius 2 is 1.78 bits per heavy atom. The summed E-state index contributed by atoms with van der Waals surface area (Å²) in [5.74, 6) is 0.924. The molecule has 2 aromatic heterocycles. The highest BCUT2D eigenvalue weighted by molar-refractivity contribution is 7.90. The highest BCUT2D eigenvalue weighted by atomic mass is 32.2. The molecule has 0 bridgehead atoms. The lowest BCUT2D eigenvalue weighted by Crippen LogP contribution is -2.23. The fraction of sp³-hybridized carbons (Fsp3) is 0.174. The smallest absolute Gasteiger partial charge is 0.251 e. The van der Waals surface area contributed by atoms with Crippen molar-refractivity contribution in [1.82, 2.24) is 20.3 Å². The van der Waals surface area contributed by atoms with Gasteiger partial charge in [0.15, 0.2) is 9.84 Å². The zero-order valence-corrected chi connectivity index (χ0v) is 18.4. The fourth-order valence-electron chi connectivity index (χ4n) is 3.12. The molecule has 0 saturated heterocycles. The van der Waals surface area contributed by atoms with Crippen LogP contribution in [0.3, 0.4) is 0 Å². The molecule has 2 aromatic carbocycles. The van der Waals surface area contributed by atoms with Crippen molar-refractivity contribution >= 4 is 15.7 Å². The van der Waals surface area contributed by atoms with Crippen LogP contribution in [-0.4, -0.2) is 29.3 Å². The van der Waals surface area contributed by atoms with Crippen molar-refractivity contribution in [2.75, 3.05) is 0 Å². The molecule has 0 aliphatic rings. The van der Waals surface area contributed by atoms with Gasteiger partial charge in [0, 0.05) is 23.5 Å². The number of imidazole rings is 1. The first-order chi connectivity index (χ1) is 15.3. The standard InChI is InChI=1S/C23H22N4O4S/c1-15-3-9-19(10-4-15)32(29,30)14-20-16(2)31-23(27-20)18-7-5-17(6-8-18)22(28)26-13-21-24-11-12-25-21/h3-12H,13-14H2,1-2H3,(H,24,25)(H,26,28). The first-order valence-corrected chi connectivity index (χ1v) is 11.6. The Morgan fingerprint density at radius 1 is 1.06 bits per heavy atom. The van der Waals surface area contributed by atoms with Crippen LogP contribution in [-0.2, 0) is 22.1 Å². The summed E-state index contributed by atoms with van der Waals surface area (Å²) in [6.45, 7) is 3.89. The maximum absolute atomic E-state index is 12.7. The van der Waals surface area contributed by atoms with Gasteiger partial charge < -0.3 is 14.7 Å². The van der Waals surface area contributed by atoms with E-state index < -0.39 is 9.84 Å². The summed E-state index contributed by atoms with van der Waals surface area (Å²) in [6.07, 6.45) is 3.31. The van der Waals surface area contributed by atoms with Crippen LogP contribution in [0, 0.1) is 13.8 Å². The first-order valence-electron chi connectivity index (χ1n) is 9.94. The average Bonchev–Trinajstić information content (AvgIpc) is 3.42. The molecule has 0 unspecified atom stereocenters. The fourth-order valence-corrected chi connectivity index (χ4v) is 4.46. The lowest BCUT2D eigenvalue weighted by Gasteiger charge is -2.04. The van der Waals surface area contributed by atoms with Gasteiger partial charge >= 0.3 is 0 Å². The van der Waals surface area contributed by atoms with Crippen LogP contribution < -0.4 is 5.32 Å². The van der Waals surface area contributed by atoms with Crippen molar-refractivity contribution in [2.45, 2.75) is 31.0 Å². The van der Waals surface area contributed by atoms with Gasteiger partial charge in [-0.15, -0.1) is 0 Å². The number of hydrogen-bond acceptors (Lipinski definition) is 6. The molecule has 2 heterocycles. The lowest BCUT2D eigenvalue weighted by atomic mass is 10.1. The molecule has 0 spiro atoms. The quantitative estimate of drug-likeness (QED) is 0.444. The SMILES string of the molecule is Cc1ccc(S(=O)(=O)Cc2nc(-c3ccc(C(=O)NCc4ncc[nH]4)cc3)oc2C)cc1. The number of carbonyl (C=O) groups excluding carboxylic acids is 1. The first kappa shape index (κ1) is 21.5. The van der Waals surface area contributed by atoms with Gasteiger partial charge in [0.05, 0.1) is 17.1 Å². The largest absolute Gasteiger partial charge is 0.441 e. The molecular weight excluding hydrogens is 428 g/mol. The summed E-state index contributed by atoms with van der Waals surface area (Å²) < 4.78 is 31.2. The number of rotatable bonds is 7. The number of aromatic nitrogens is 3. The average molecular weight is 451 g/mol. The molecule has 164 valence electrons. The summed E-state index contributed by atoms with van der Waals surface area (Å²) in [6, 6.07) is 13.5. The summed E-state index contributed by atoms with van der Waals surface area (Å²) >= 11 is 0. The van der Waals surface area contributed by atoms with E-state index in [0.29, 0.717) is 40.8 Å². The van der Waals surface area contributed by atoms with E-state index >= 15 is 0 Å². The maximum atomic E-state index is 12.7. The van der Waals surface area contributed by atoms with E-state index in [1.54, 1.807) is 67.8 Å². The van der Waals surface area contributed by atoms with Gasteiger partial charge in [0.1, 0.15) is 17.3 Å². The minimum Gasteiger partial charge on any atom is -0.441 e. The van der Waals surface area contributed by atoms with Crippen LogP contribution in [0.25, 0.3) is 11.5 Å². The van der Waals surface area contributed by atoms with E-state index in [0.717, 1.165) is 5.56 Å². The lowest BCUT2D eigenvalue weighted by molar-refractivity contribution is 0.0950. The second kappa shape index (κ2) is 8.80. The number of nitrogens with one attached hydrogen (secondary N) is 2. The molecule has 4 aromatic rings. The Labute approximate surface area is 185 Å². The van der Waals surface area contributed by atoms with Crippen LogP contribution in [0.4, 0.5) is 0 Å². The highest BCUT2D eigenvalue weighted by Gasteiger charge is 2.21. The molecule has 0 atom stereocenters. The van der Waals surface area contributed by atoms with Crippen LogP contribution in [0.5, 0.6) is 0 Å². The van der Waals surface area contributed by atoms with Crippen molar-refractivity contribution in [1.29, 1.82) is 0 Å². The molecule has 0 aliphatic heterocycles. The third-order valence-electron chi connectivity index (χ3n) is 4.96. The molecule has 0 aliphatic carbocycles. The molecule has 8 nitrogen and oxygen atoms in total. The Kier molecular flexibility index (Phi) is 5.91. The Hall–Kier alpha value is -3.72. The van der Waals surface area contributed by atoms with Crippen LogP contribution in [0.2, 0.25) is 0 Å². The van der Waals surface area contributed by atoms with E-state index in [1.165, 1.54) is 0 Å².